The molecule has 0 atom stereocenters. The first kappa shape index (κ1) is 45.5. The Morgan fingerprint density at radius 1 is 0.552 bits per heavy atom. The number of fused-ring (bicyclic) bond motifs is 3. The monoisotopic (exact) mass is 1050 g/mol. The number of hydrogen-bond acceptors (Lipinski definition) is 4. The van der Waals surface area contributed by atoms with Crippen LogP contribution in [0.15, 0.2) is 182 Å². The number of rotatable bonds is 9. The minimum Gasteiger partial charge on any atom is -0.509 e. The number of ether oxygens (including phenoxy) is 1. The molecule has 0 radical (unpaired) electrons. The quantitative estimate of drug-likeness (QED) is 0.135. The summed E-state index contributed by atoms with van der Waals surface area (Å²) in [5.74, 6) is 2.04. The molecule has 0 spiro atoms. The number of benzene rings is 7. The van der Waals surface area contributed by atoms with Crippen LogP contribution in [0.3, 0.4) is 0 Å². The molecule has 0 saturated heterocycles. The van der Waals surface area contributed by atoms with Crippen LogP contribution in [0.2, 0.25) is 0 Å². The Hall–Kier alpha value is -6.68. The van der Waals surface area contributed by atoms with Crippen molar-refractivity contribution >= 4 is 38.9 Å². The number of para-hydroxylation sites is 1. The van der Waals surface area contributed by atoms with Crippen LogP contribution in [0, 0.1) is 18.8 Å². The molecule has 6 heteroatoms. The fourth-order valence-corrected chi connectivity index (χ4v) is 9.11. The molecule has 10 rings (SSSR count). The van der Waals surface area contributed by atoms with Gasteiger partial charge in [0.15, 0.2) is 0 Å². The third kappa shape index (κ3) is 8.86. The molecule has 0 N–H and O–H groups in total. The van der Waals surface area contributed by atoms with Crippen molar-refractivity contribution in [3.8, 4) is 28.4 Å². The summed E-state index contributed by atoms with van der Waals surface area (Å²) >= 11 is 0. The fourth-order valence-electron chi connectivity index (χ4n) is 9.11. The summed E-state index contributed by atoms with van der Waals surface area (Å²) in [6.45, 7) is 20.3. The van der Waals surface area contributed by atoms with Gasteiger partial charge in [-0.05, 0) is 91.5 Å². The predicted octanol–water partition coefficient (Wildman–Crippen LogP) is 15.6. The molecule has 0 fully saturated rings. The zero-order chi connectivity index (χ0) is 45.8. The molecule has 0 amide bonds. The molecule has 0 aliphatic carbocycles. The maximum absolute atomic E-state index is 6.94. The van der Waals surface area contributed by atoms with Crippen molar-refractivity contribution in [2.45, 2.75) is 71.6 Å². The number of hydrogen-bond donors (Lipinski definition) is 0. The van der Waals surface area contributed by atoms with Gasteiger partial charge in [-0.3, -0.25) is 0 Å². The molecule has 67 heavy (non-hydrogen) atoms. The Morgan fingerprint density at radius 3 is 1.91 bits per heavy atom. The van der Waals surface area contributed by atoms with Crippen molar-refractivity contribution in [1.29, 1.82) is 0 Å². The van der Waals surface area contributed by atoms with E-state index in [-0.39, 0.29) is 31.9 Å². The molecule has 1 aliphatic rings. The van der Waals surface area contributed by atoms with Crippen LogP contribution in [0.25, 0.3) is 44.4 Å². The van der Waals surface area contributed by atoms with E-state index in [1.54, 1.807) is 0 Å². The molecule has 9 aromatic rings. The van der Waals surface area contributed by atoms with E-state index >= 15 is 0 Å². The maximum Gasteiger partial charge on any atom is 0.135 e. The Bertz CT molecular complexity index is 3250. The first-order chi connectivity index (χ1) is 31.7. The molecule has 5 nitrogen and oxygen atoms in total. The number of aromatic nitrogens is 2. The van der Waals surface area contributed by atoms with Crippen LogP contribution in [-0.2, 0) is 37.3 Å². The standard InChI is InChI=1S/C61H55N4O.Pt/c1-59(2,3)46-31-32-62-57(36-46)65-54-30-19-18-29-52(54)58-53(61(7,8)45-25-16-11-17-26-45)38-51(39-55(58)65)66-50-28-20-27-48(37-50)63-40-56(43-23-14-10-15-24-43)64(41-63)49-34-44(42-21-12-9-13-22-42)33-47(35-49)60(4,5)6;/h9-36,38,40-41H,1-8H3;/q-3;. The SMILES string of the molecule is CC(C)(C)c1cc(-c2ccccc2)cc(N2[CH-]N(c3[c-]c(Oc4[c-]c5c(c(C(C)(C)c6ccccc6)c4)c4ccccc4n5-c4cc(C(C)(C)C)ccn4)ccc3)C=C2c2ccccc2)c1.[Pt]. The van der Waals surface area contributed by atoms with Crippen LogP contribution in [0.4, 0.5) is 11.4 Å². The minimum atomic E-state index is -0.398. The first-order valence-corrected chi connectivity index (χ1v) is 22.9. The van der Waals surface area contributed by atoms with E-state index in [1.807, 2.05) is 18.3 Å². The Kier molecular flexibility index (Phi) is 12.1. The van der Waals surface area contributed by atoms with Gasteiger partial charge in [0.2, 0.25) is 0 Å². The molecule has 3 heterocycles. The van der Waals surface area contributed by atoms with Crippen molar-refractivity contribution in [1.82, 2.24) is 9.55 Å². The normalized spacial score (nSPS) is 13.2. The summed E-state index contributed by atoms with van der Waals surface area (Å²) < 4.78 is 9.19. The molecule has 0 bridgehead atoms. The van der Waals surface area contributed by atoms with Crippen molar-refractivity contribution in [2.24, 2.45) is 0 Å². The molecule has 2 aromatic heterocycles. The van der Waals surface area contributed by atoms with Gasteiger partial charge in [0.05, 0.1) is 0 Å². The Labute approximate surface area is 410 Å². The first-order valence-electron chi connectivity index (χ1n) is 22.9. The molecule has 338 valence electrons. The zero-order valence-corrected chi connectivity index (χ0v) is 41.7. The van der Waals surface area contributed by atoms with Gasteiger partial charge >= 0.3 is 0 Å². The van der Waals surface area contributed by atoms with Gasteiger partial charge in [-0.15, -0.1) is 48.3 Å². The van der Waals surface area contributed by atoms with Crippen LogP contribution in [0.5, 0.6) is 11.5 Å². The van der Waals surface area contributed by atoms with Gasteiger partial charge in [-0.2, -0.15) is 6.07 Å². The summed E-state index contributed by atoms with van der Waals surface area (Å²) in [7, 11) is 0. The van der Waals surface area contributed by atoms with Gasteiger partial charge in [0.1, 0.15) is 5.82 Å². The van der Waals surface area contributed by atoms with Crippen LogP contribution >= 0.6 is 0 Å². The van der Waals surface area contributed by atoms with Gasteiger partial charge in [0, 0.05) is 55.7 Å². The van der Waals surface area contributed by atoms with E-state index < -0.39 is 5.41 Å². The summed E-state index contributed by atoms with van der Waals surface area (Å²) in [5, 5.41) is 2.27. The maximum atomic E-state index is 6.94. The zero-order valence-electron chi connectivity index (χ0n) is 39.4. The summed E-state index contributed by atoms with van der Waals surface area (Å²) in [5.41, 5.74) is 12.8. The molecule has 0 saturated carbocycles. The van der Waals surface area contributed by atoms with Gasteiger partial charge in [-0.1, -0.05) is 182 Å². The second-order valence-electron chi connectivity index (χ2n) is 19.9. The van der Waals surface area contributed by atoms with Crippen molar-refractivity contribution in [2.75, 3.05) is 9.80 Å². The van der Waals surface area contributed by atoms with E-state index in [0.717, 1.165) is 55.8 Å². The summed E-state index contributed by atoms with van der Waals surface area (Å²) in [4.78, 5) is 9.42. The predicted molar refractivity (Wildman–Crippen MR) is 274 cm³/mol. The van der Waals surface area contributed by atoms with E-state index in [9.17, 15) is 0 Å². The third-order valence-electron chi connectivity index (χ3n) is 12.9. The van der Waals surface area contributed by atoms with Gasteiger partial charge in [0.25, 0.3) is 0 Å². The number of anilines is 2. The molecule has 0 unspecified atom stereocenters. The Balaban J connectivity index is 0.00000562. The largest absolute Gasteiger partial charge is 0.509 e. The van der Waals surface area contributed by atoms with Crippen molar-refractivity contribution < 1.29 is 25.8 Å². The minimum absolute atomic E-state index is 0. The van der Waals surface area contributed by atoms with Gasteiger partial charge in [-0.25, -0.2) is 4.98 Å². The summed E-state index contributed by atoms with van der Waals surface area (Å²) in [6, 6.07) is 67.5. The molecule has 1 aliphatic heterocycles. The average Bonchev–Trinajstić information content (AvgIpc) is 3.92. The molecule has 7 aromatic carbocycles. The third-order valence-corrected chi connectivity index (χ3v) is 12.9. The van der Waals surface area contributed by atoms with Crippen molar-refractivity contribution in [3.05, 3.63) is 229 Å². The number of nitrogens with zero attached hydrogens (tertiary/aromatic N) is 4. The number of pyridine rings is 1. The van der Waals surface area contributed by atoms with E-state index in [1.165, 1.54) is 27.8 Å². The van der Waals surface area contributed by atoms with Crippen LogP contribution < -0.4 is 14.5 Å². The molecular formula is C61H55N4OPt-3. The second-order valence-corrected chi connectivity index (χ2v) is 19.9. The fraction of sp³-hybridized carbons (Fsp3) is 0.180. The van der Waals surface area contributed by atoms with Crippen LogP contribution in [0.1, 0.15) is 83.2 Å². The second kappa shape index (κ2) is 17.8. The van der Waals surface area contributed by atoms with E-state index in [4.69, 9.17) is 9.72 Å². The van der Waals surface area contributed by atoms with Gasteiger partial charge < -0.3 is 19.1 Å². The van der Waals surface area contributed by atoms with E-state index in [0.29, 0.717) is 11.5 Å². The van der Waals surface area contributed by atoms with Crippen molar-refractivity contribution in [3.63, 3.8) is 0 Å². The average molecular weight is 1060 g/mol. The molecular weight excluding hydrogens is 1000 g/mol. The van der Waals surface area contributed by atoms with E-state index in [2.05, 4.69) is 252 Å². The summed E-state index contributed by atoms with van der Waals surface area (Å²) in [6.07, 6.45) is 4.11. The smallest absolute Gasteiger partial charge is 0.135 e. The topological polar surface area (TPSA) is 33.5 Å². The Morgan fingerprint density at radius 2 is 1.21 bits per heavy atom. The van der Waals surface area contributed by atoms with Crippen LogP contribution in [-0.4, -0.2) is 9.55 Å².